The molecule has 0 fully saturated rings. The number of nitrogens with one attached hydrogen (secondary N) is 1. The van der Waals surface area contributed by atoms with Crippen LogP contribution in [0, 0.1) is 0 Å². The van der Waals surface area contributed by atoms with E-state index in [2.05, 4.69) is 5.32 Å². The Morgan fingerprint density at radius 1 is 0.909 bits per heavy atom. The number of carbonyl (C=O) groups excluding carboxylic acids is 2. The van der Waals surface area contributed by atoms with Gasteiger partial charge >= 0.3 is 0 Å². The average Bonchev–Trinajstić information content (AvgIpc) is 3.19. The molecule has 168 valence electrons. The zero-order valence-electron chi connectivity index (χ0n) is 18.9. The van der Waals surface area contributed by atoms with Gasteiger partial charge in [-0.3, -0.25) is 9.59 Å². The molecule has 0 saturated heterocycles. The highest BCUT2D eigenvalue weighted by molar-refractivity contribution is 5.94. The summed E-state index contributed by atoms with van der Waals surface area (Å²) in [5.74, 6) is 0.485. The lowest BCUT2D eigenvalue weighted by Gasteiger charge is -2.27. The van der Waals surface area contributed by atoms with Crippen LogP contribution in [-0.2, 0) is 24.4 Å². The van der Waals surface area contributed by atoms with Crippen molar-refractivity contribution in [3.8, 4) is 0 Å². The number of hydrogen-bond donors (Lipinski definition) is 1. The summed E-state index contributed by atoms with van der Waals surface area (Å²) in [6.07, 6.45) is 0. The van der Waals surface area contributed by atoms with Crippen LogP contribution in [0.15, 0.2) is 84.9 Å². The Bertz CT molecular complexity index is 1230. The van der Waals surface area contributed by atoms with E-state index in [9.17, 15) is 9.59 Å². The molecule has 0 bridgehead atoms. The van der Waals surface area contributed by atoms with Crippen molar-refractivity contribution in [1.82, 2.24) is 19.8 Å². The molecule has 33 heavy (non-hydrogen) atoms. The lowest BCUT2D eigenvalue weighted by atomic mass is 10.2. The average molecular weight is 441 g/mol. The molecular formula is C27H28N4O2. The van der Waals surface area contributed by atoms with Crippen molar-refractivity contribution < 1.29 is 9.59 Å². The normalized spacial score (nSPS) is 11.0. The van der Waals surface area contributed by atoms with E-state index in [1.54, 1.807) is 12.1 Å². The second-order valence-corrected chi connectivity index (χ2v) is 8.25. The molecule has 0 spiro atoms. The van der Waals surface area contributed by atoms with E-state index in [-0.39, 0.29) is 30.9 Å². The molecule has 4 rings (SSSR count). The Hall–Kier alpha value is -3.93. The zero-order chi connectivity index (χ0) is 23.2. The van der Waals surface area contributed by atoms with E-state index in [0.717, 1.165) is 16.6 Å². The van der Waals surface area contributed by atoms with Crippen LogP contribution >= 0.6 is 0 Å². The second-order valence-electron chi connectivity index (χ2n) is 8.25. The van der Waals surface area contributed by atoms with Crippen molar-refractivity contribution in [3.05, 3.63) is 102 Å². The van der Waals surface area contributed by atoms with Crippen LogP contribution in [0.3, 0.4) is 0 Å². The van der Waals surface area contributed by atoms with Crippen LogP contribution in [0.5, 0.6) is 0 Å². The van der Waals surface area contributed by atoms with Crippen LogP contribution in [0.4, 0.5) is 0 Å². The highest BCUT2D eigenvalue weighted by Crippen LogP contribution is 2.18. The number of amides is 2. The standard InChI is InChI=1S/C27H28N4O2/c1-20(2)30(18-21-11-5-3-6-12-21)26(32)19-31-24-16-10-9-15-23(24)29-25(31)17-28-27(33)22-13-7-4-8-14-22/h3-16,20H,17-19H2,1-2H3,(H,28,33). The minimum atomic E-state index is -0.173. The largest absolute Gasteiger partial charge is 0.345 e. The van der Waals surface area contributed by atoms with Gasteiger partial charge in [0.1, 0.15) is 12.4 Å². The molecule has 0 unspecified atom stereocenters. The van der Waals surface area contributed by atoms with E-state index >= 15 is 0 Å². The summed E-state index contributed by atoms with van der Waals surface area (Å²) in [4.78, 5) is 32.5. The first-order valence-corrected chi connectivity index (χ1v) is 11.1. The Morgan fingerprint density at radius 2 is 1.55 bits per heavy atom. The summed E-state index contributed by atoms with van der Waals surface area (Å²) < 4.78 is 1.91. The highest BCUT2D eigenvalue weighted by Gasteiger charge is 2.21. The molecule has 0 aliphatic heterocycles. The molecule has 0 radical (unpaired) electrons. The Labute approximate surface area is 193 Å². The number of fused-ring (bicyclic) bond motifs is 1. The van der Waals surface area contributed by atoms with Gasteiger partial charge in [0.05, 0.1) is 17.6 Å². The van der Waals surface area contributed by atoms with Gasteiger partial charge in [-0.1, -0.05) is 60.7 Å². The quantitative estimate of drug-likeness (QED) is 0.442. The van der Waals surface area contributed by atoms with Gasteiger partial charge in [-0.05, 0) is 43.7 Å². The zero-order valence-corrected chi connectivity index (χ0v) is 18.9. The summed E-state index contributed by atoms with van der Waals surface area (Å²) in [6.45, 7) is 4.98. The highest BCUT2D eigenvalue weighted by atomic mass is 16.2. The molecule has 0 saturated carbocycles. The second kappa shape index (κ2) is 10.1. The Balaban J connectivity index is 1.56. The van der Waals surface area contributed by atoms with E-state index in [1.165, 1.54) is 0 Å². The predicted molar refractivity (Wildman–Crippen MR) is 129 cm³/mol. The molecule has 0 atom stereocenters. The van der Waals surface area contributed by atoms with E-state index < -0.39 is 0 Å². The monoisotopic (exact) mass is 440 g/mol. The third kappa shape index (κ3) is 5.29. The van der Waals surface area contributed by atoms with E-state index in [0.29, 0.717) is 17.9 Å². The van der Waals surface area contributed by atoms with Crippen LogP contribution < -0.4 is 5.32 Å². The lowest BCUT2D eigenvalue weighted by molar-refractivity contribution is -0.134. The number of nitrogens with zero attached hydrogens (tertiary/aromatic N) is 3. The minimum absolute atomic E-state index is 0.00708. The van der Waals surface area contributed by atoms with Gasteiger partial charge < -0.3 is 14.8 Å². The fourth-order valence-corrected chi connectivity index (χ4v) is 3.85. The fraction of sp³-hybridized carbons (Fsp3) is 0.222. The van der Waals surface area contributed by atoms with Gasteiger partial charge in [0, 0.05) is 18.2 Å². The molecule has 6 nitrogen and oxygen atoms in total. The Morgan fingerprint density at radius 3 is 2.24 bits per heavy atom. The molecular weight excluding hydrogens is 412 g/mol. The van der Waals surface area contributed by atoms with E-state index in [4.69, 9.17) is 4.98 Å². The summed E-state index contributed by atoms with van der Waals surface area (Å²) in [6, 6.07) is 26.8. The molecule has 1 N–H and O–H groups in total. The number of benzene rings is 3. The maximum atomic E-state index is 13.4. The summed E-state index contributed by atoms with van der Waals surface area (Å²) in [5.41, 5.74) is 3.35. The Kier molecular flexibility index (Phi) is 6.83. The SMILES string of the molecule is CC(C)N(Cc1ccccc1)C(=O)Cn1c(CNC(=O)c2ccccc2)nc2ccccc21. The smallest absolute Gasteiger partial charge is 0.251 e. The first-order valence-electron chi connectivity index (χ1n) is 11.1. The van der Waals surface area contributed by atoms with Crippen LogP contribution in [0.25, 0.3) is 11.0 Å². The van der Waals surface area contributed by atoms with Gasteiger partial charge in [0.2, 0.25) is 5.91 Å². The van der Waals surface area contributed by atoms with Crippen LogP contribution in [-0.4, -0.2) is 32.3 Å². The summed E-state index contributed by atoms with van der Waals surface area (Å²) in [7, 11) is 0. The van der Waals surface area contributed by atoms with Crippen molar-refractivity contribution in [3.63, 3.8) is 0 Å². The molecule has 1 aromatic heterocycles. The number of rotatable bonds is 8. The molecule has 0 aliphatic carbocycles. The first-order chi connectivity index (χ1) is 16.0. The molecule has 4 aromatic rings. The maximum Gasteiger partial charge on any atom is 0.251 e. The van der Waals surface area contributed by atoms with Crippen LogP contribution in [0.2, 0.25) is 0 Å². The number of carbonyl (C=O) groups is 2. The summed E-state index contributed by atoms with van der Waals surface area (Å²) >= 11 is 0. The summed E-state index contributed by atoms with van der Waals surface area (Å²) in [5, 5.41) is 2.93. The van der Waals surface area contributed by atoms with Crippen molar-refractivity contribution in [2.45, 2.75) is 39.5 Å². The van der Waals surface area contributed by atoms with Gasteiger partial charge in [-0.2, -0.15) is 0 Å². The van der Waals surface area contributed by atoms with Crippen molar-refractivity contribution >= 4 is 22.8 Å². The van der Waals surface area contributed by atoms with Gasteiger partial charge in [0.15, 0.2) is 0 Å². The maximum absolute atomic E-state index is 13.4. The van der Waals surface area contributed by atoms with Gasteiger partial charge in [0.25, 0.3) is 5.91 Å². The van der Waals surface area contributed by atoms with Gasteiger partial charge in [-0.25, -0.2) is 4.98 Å². The van der Waals surface area contributed by atoms with Crippen molar-refractivity contribution in [1.29, 1.82) is 0 Å². The third-order valence-electron chi connectivity index (χ3n) is 5.61. The van der Waals surface area contributed by atoms with Crippen LogP contribution in [0.1, 0.15) is 35.6 Å². The first kappa shape index (κ1) is 22.3. The van der Waals surface area contributed by atoms with Crippen molar-refractivity contribution in [2.75, 3.05) is 0 Å². The number of para-hydroxylation sites is 2. The number of imidazole rings is 1. The molecule has 6 heteroatoms. The number of aromatic nitrogens is 2. The molecule has 0 aliphatic rings. The van der Waals surface area contributed by atoms with Crippen molar-refractivity contribution in [2.24, 2.45) is 0 Å². The third-order valence-corrected chi connectivity index (χ3v) is 5.61. The lowest BCUT2D eigenvalue weighted by Crippen LogP contribution is -2.39. The number of hydrogen-bond acceptors (Lipinski definition) is 3. The van der Waals surface area contributed by atoms with Gasteiger partial charge in [-0.15, -0.1) is 0 Å². The molecule has 3 aromatic carbocycles. The fourth-order valence-electron chi connectivity index (χ4n) is 3.85. The molecule has 2 amide bonds. The van der Waals surface area contributed by atoms with E-state index in [1.807, 2.05) is 96.1 Å². The topological polar surface area (TPSA) is 67.2 Å². The molecule has 1 heterocycles. The minimum Gasteiger partial charge on any atom is -0.345 e. The predicted octanol–water partition coefficient (Wildman–Crippen LogP) is 4.40.